The molecule has 0 spiro atoms. The van der Waals surface area contributed by atoms with Gasteiger partial charge in [0.1, 0.15) is 0 Å². The molecule has 0 aromatic heterocycles. The van der Waals surface area contributed by atoms with E-state index in [1.165, 1.54) is 0 Å². The van der Waals surface area contributed by atoms with Crippen LogP contribution >= 0.6 is 15.9 Å². The number of carbonyl (C=O) groups is 1. The second-order valence-corrected chi connectivity index (χ2v) is 5.17. The van der Waals surface area contributed by atoms with Crippen molar-refractivity contribution >= 4 is 21.8 Å². The fraction of sp³-hybridized carbons (Fsp3) is 0.909. The number of carbonyl (C=O) groups excluding carboxylic acids is 1. The molecule has 0 aromatic carbocycles. The first-order chi connectivity index (χ1) is 7.92. The van der Waals surface area contributed by atoms with E-state index in [9.17, 15) is 18.0 Å². The summed E-state index contributed by atoms with van der Waals surface area (Å²) < 4.78 is 35.7. The molecule has 2 nitrogen and oxygen atoms in total. The second kappa shape index (κ2) is 6.61. The molecule has 1 fully saturated rings. The van der Waals surface area contributed by atoms with Crippen molar-refractivity contribution in [3.05, 3.63) is 0 Å². The van der Waals surface area contributed by atoms with E-state index in [0.29, 0.717) is 18.4 Å². The van der Waals surface area contributed by atoms with Crippen LogP contribution in [0.15, 0.2) is 0 Å². The van der Waals surface area contributed by atoms with Crippen molar-refractivity contribution in [2.45, 2.75) is 38.3 Å². The van der Waals surface area contributed by atoms with Crippen LogP contribution in [0.4, 0.5) is 13.2 Å². The first kappa shape index (κ1) is 14.8. The van der Waals surface area contributed by atoms with Gasteiger partial charge in [-0.2, -0.15) is 13.2 Å². The minimum absolute atomic E-state index is 0.407. The fourth-order valence-corrected chi connectivity index (χ4v) is 3.03. The highest BCUT2D eigenvalue weighted by atomic mass is 79.9. The van der Waals surface area contributed by atoms with E-state index < -0.39 is 24.9 Å². The van der Waals surface area contributed by atoms with E-state index in [2.05, 4.69) is 21.2 Å². The number of halogens is 4. The Kier molecular flexibility index (Phi) is 5.76. The van der Waals surface area contributed by atoms with Gasteiger partial charge >= 0.3 is 6.18 Å². The molecule has 6 heteroatoms. The first-order valence-electron chi connectivity index (χ1n) is 5.82. The number of hydrogen-bond donors (Lipinski definition) is 1. The highest BCUT2D eigenvalue weighted by Crippen LogP contribution is 2.32. The van der Waals surface area contributed by atoms with Crippen molar-refractivity contribution in [2.75, 3.05) is 11.9 Å². The Balaban J connectivity index is 2.19. The summed E-state index contributed by atoms with van der Waals surface area (Å²) in [6, 6.07) is 0. The summed E-state index contributed by atoms with van der Waals surface area (Å²) in [6.45, 7) is 0.507. The van der Waals surface area contributed by atoms with Gasteiger partial charge in [0, 0.05) is 18.3 Å². The smallest absolute Gasteiger partial charge is 0.356 e. The normalized spacial score (nSPS) is 24.9. The largest absolute Gasteiger partial charge is 0.389 e. The minimum Gasteiger partial charge on any atom is -0.356 e. The van der Waals surface area contributed by atoms with E-state index in [1.807, 2.05) is 0 Å². The van der Waals surface area contributed by atoms with Crippen molar-refractivity contribution in [1.82, 2.24) is 5.32 Å². The first-order valence-corrected chi connectivity index (χ1v) is 6.94. The highest BCUT2D eigenvalue weighted by Gasteiger charge is 2.29. The Bertz CT molecular complexity index is 258. The minimum atomic E-state index is -4.25. The maximum atomic E-state index is 11.9. The standard InChI is InChI=1S/C11H17BrF3NO/c12-6-8-2-1-3-9(8)7-16-10(17)4-5-11(13,14)15/h8-9H,1-7H2,(H,16,17). The molecule has 1 saturated carbocycles. The zero-order chi connectivity index (χ0) is 12.9. The van der Waals surface area contributed by atoms with Gasteiger partial charge in [-0.3, -0.25) is 4.79 Å². The molecule has 0 saturated heterocycles. The molecule has 17 heavy (non-hydrogen) atoms. The van der Waals surface area contributed by atoms with Gasteiger partial charge in [0.05, 0.1) is 6.42 Å². The number of nitrogens with one attached hydrogen (secondary N) is 1. The zero-order valence-electron chi connectivity index (χ0n) is 9.52. The lowest BCUT2D eigenvalue weighted by molar-refractivity contribution is -0.144. The Hall–Kier alpha value is -0.260. The molecule has 1 N–H and O–H groups in total. The lowest BCUT2D eigenvalue weighted by atomic mass is 9.98. The third-order valence-electron chi connectivity index (χ3n) is 3.21. The Morgan fingerprint density at radius 1 is 1.29 bits per heavy atom. The SMILES string of the molecule is O=C(CCC(F)(F)F)NCC1CCCC1CBr. The van der Waals surface area contributed by atoms with Gasteiger partial charge in [-0.05, 0) is 24.7 Å². The molecular formula is C11H17BrF3NO. The van der Waals surface area contributed by atoms with Gasteiger partial charge in [0.25, 0.3) is 0 Å². The summed E-state index contributed by atoms with van der Waals surface area (Å²) in [5, 5.41) is 3.50. The molecule has 1 aliphatic rings. The van der Waals surface area contributed by atoms with Crippen LogP contribution in [0.1, 0.15) is 32.1 Å². The molecule has 100 valence electrons. The van der Waals surface area contributed by atoms with Crippen LogP contribution in [0.5, 0.6) is 0 Å². The van der Waals surface area contributed by atoms with E-state index in [4.69, 9.17) is 0 Å². The van der Waals surface area contributed by atoms with E-state index >= 15 is 0 Å². The maximum absolute atomic E-state index is 11.9. The van der Waals surface area contributed by atoms with Crippen LogP contribution in [0.25, 0.3) is 0 Å². The quantitative estimate of drug-likeness (QED) is 0.775. The monoisotopic (exact) mass is 315 g/mol. The third kappa shape index (κ3) is 5.75. The van der Waals surface area contributed by atoms with Gasteiger partial charge in [-0.1, -0.05) is 22.4 Å². The molecule has 0 radical (unpaired) electrons. The molecular weight excluding hydrogens is 299 g/mol. The van der Waals surface area contributed by atoms with Crippen molar-refractivity contribution in [3.63, 3.8) is 0 Å². The van der Waals surface area contributed by atoms with Gasteiger partial charge < -0.3 is 5.32 Å². The fourth-order valence-electron chi connectivity index (χ4n) is 2.17. The summed E-state index contributed by atoms with van der Waals surface area (Å²) in [4.78, 5) is 11.2. The summed E-state index contributed by atoms with van der Waals surface area (Å²) in [6.07, 6.45) is -2.42. The number of hydrogen-bond acceptors (Lipinski definition) is 1. The molecule has 0 aliphatic heterocycles. The van der Waals surface area contributed by atoms with Crippen molar-refractivity contribution < 1.29 is 18.0 Å². The van der Waals surface area contributed by atoms with Gasteiger partial charge in [-0.15, -0.1) is 0 Å². The summed E-state index contributed by atoms with van der Waals surface area (Å²) in [5.74, 6) is 0.449. The van der Waals surface area contributed by atoms with Crippen LogP contribution in [-0.4, -0.2) is 24.0 Å². The van der Waals surface area contributed by atoms with Gasteiger partial charge in [0.15, 0.2) is 0 Å². The Morgan fingerprint density at radius 2 is 1.94 bits per heavy atom. The Labute approximate surface area is 107 Å². The molecule has 1 amide bonds. The lowest BCUT2D eigenvalue weighted by Crippen LogP contribution is -2.31. The molecule has 0 bridgehead atoms. The second-order valence-electron chi connectivity index (χ2n) is 4.52. The molecule has 0 heterocycles. The van der Waals surface area contributed by atoms with E-state index in [0.717, 1.165) is 24.6 Å². The predicted octanol–water partition coefficient (Wildman–Crippen LogP) is 3.26. The summed E-state index contributed by atoms with van der Waals surface area (Å²) in [5.41, 5.74) is 0. The topological polar surface area (TPSA) is 29.1 Å². The maximum Gasteiger partial charge on any atom is 0.389 e. The Morgan fingerprint density at radius 3 is 2.53 bits per heavy atom. The molecule has 1 rings (SSSR count). The average molecular weight is 316 g/mol. The molecule has 2 atom stereocenters. The van der Waals surface area contributed by atoms with Gasteiger partial charge in [0.2, 0.25) is 5.91 Å². The number of amides is 1. The van der Waals surface area contributed by atoms with E-state index in [-0.39, 0.29) is 0 Å². The van der Waals surface area contributed by atoms with Crippen molar-refractivity contribution in [2.24, 2.45) is 11.8 Å². The number of alkyl halides is 4. The van der Waals surface area contributed by atoms with E-state index in [1.54, 1.807) is 0 Å². The number of rotatable bonds is 5. The van der Waals surface area contributed by atoms with Crippen LogP contribution in [-0.2, 0) is 4.79 Å². The third-order valence-corrected chi connectivity index (χ3v) is 4.04. The lowest BCUT2D eigenvalue weighted by Gasteiger charge is -2.17. The molecule has 1 aliphatic carbocycles. The van der Waals surface area contributed by atoms with Crippen molar-refractivity contribution in [3.8, 4) is 0 Å². The summed E-state index contributed by atoms with van der Waals surface area (Å²) in [7, 11) is 0. The molecule has 0 aromatic rings. The van der Waals surface area contributed by atoms with Gasteiger partial charge in [-0.25, -0.2) is 0 Å². The van der Waals surface area contributed by atoms with Crippen LogP contribution < -0.4 is 5.32 Å². The van der Waals surface area contributed by atoms with Crippen LogP contribution in [0.2, 0.25) is 0 Å². The average Bonchev–Trinajstić information content (AvgIpc) is 2.69. The zero-order valence-corrected chi connectivity index (χ0v) is 11.1. The van der Waals surface area contributed by atoms with Crippen LogP contribution in [0, 0.1) is 11.8 Å². The summed E-state index contributed by atoms with van der Waals surface area (Å²) >= 11 is 3.42. The van der Waals surface area contributed by atoms with Crippen molar-refractivity contribution in [1.29, 1.82) is 0 Å². The van der Waals surface area contributed by atoms with Crippen LogP contribution in [0.3, 0.4) is 0 Å². The molecule has 2 unspecified atom stereocenters. The highest BCUT2D eigenvalue weighted by molar-refractivity contribution is 9.09. The predicted molar refractivity (Wildman–Crippen MR) is 62.9 cm³/mol.